The van der Waals surface area contributed by atoms with Gasteiger partial charge in [-0.25, -0.2) is 4.79 Å². The third kappa shape index (κ3) is 6.67. The summed E-state index contributed by atoms with van der Waals surface area (Å²) in [6.45, 7) is 4.73. The summed E-state index contributed by atoms with van der Waals surface area (Å²) >= 11 is 0. The van der Waals surface area contributed by atoms with Gasteiger partial charge in [-0.05, 0) is 30.2 Å². The number of piperazine rings is 1. The summed E-state index contributed by atoms with van der Waals surface area (Å²) in [5.74, 6) is -1.09. The average molecular weight is 599 g/mol. The van der Waals surface area contributed by atoms with Crippen molar-refractivity contribution in [3.8, 4) is 0 Å². The van der Waals surface area contributed by atoms with E-state index in [2.05, 4.69) is 4.90 Å². The molecule has 0 N–H and O–H groups in total. The van der Waals surface area contributed by atoms with Gasteiger partial charge >= 0.3 is 18.4 Å². The fourth-order valence-corrected chi connectivity index (χ4v) is 6.05. The molecule has 228 valence electrons. The molecule has 0 unspecified atom stereocenters. The van der Waals surface area contributed by atoms with Crippen molar-refractivity contribution >= 4 is 11.9 Å². The fraction of sp³-hybridized carbons (Fsp3) is 0.517. The fourth-order valence-electron chi connectivity index (χ4n) is 6.05. The van der Waals surface area contributed by atoms with Crippen molar-refractivity contribution in [2.24, 2.45) is 0 Å². The first kappa shape index (κ1) is 30.1. The molecule has 3 heterocycles. The van der Waals surface area contributed by atoms with Crippen LogP contribution in [-0.4, -0.2) is 103 Å². The molecule has 3 amide bonds. The number of rotatable bonds is 3. The Morgan fingerprint density at radius 1 is 0.714 bits per heavy atom. The first-order valence-corrected chi connectivity index (χ1v) is 13.9. The molecule has 0 radical (unpaired) electrons. The van der Waals surface area contributed by atoms with Crippen LogP contribution in [0.4, 0.5) is 31.1 Å². The Morgan fingerprint density at radius 3 is 1.86 bits per heavy atom. The highest BCUT2D eigenvalue weighted by molar-refractivity contribution is 5.95. The number of hydrogen-bond donors (Lipinski definition) is 0. The summed E-state index contributed by atoms with van der Waals surface area (Å²) in [5.41, 5.74) is -2.75. The van der Waals surface area contributed by atoms with Crippen molar-refractivity contribution in [1.82, 2.24) is 19.6 Å². The van der Waals surface area contributed by atoms with Crippen molar-refractivity contribution in [1.29, 1.82) is 0 Å². The molecule has 0 bridgehead atoms. The number of carbonyl (C=O) groups excluding carboxylic acids is 2. The Bertz CT molecular complexity index is 1230. The first-order valence-electron chi connectivity index (χ1n) is 13.9. The van der Waals surface area contributed by atoms with E-state index in [-0.39, 0.29) is 37.1 Å². The van der Waals surface area contributed by atoms with Crippen LogP contribution in [-0.2, 0) is 17.1 Å². The number of carbonyl (C=O) groups is 2. The highest BCUT2D eigenvalue weighted by Crippen LogP contribution is 2.38. The Balaban J connectivity index is 1.33. The number of nitrogens with zero attached hydrogens (tertiary/aromatic N) is 4. The van der Waals surface area contributed by atoms with Gasteiger partial charge in [-0.1, -0.05) is 30.3 Å². The molecule has 3 aliphatic heterocycles. The van der Waals surface area contributed by atoms with Crippen molar-refractivity contribution in [3.05, 3.63) is 70.8 Å². The zero-order valence-corrected chi connectivity index (χ0v) is 22.8. The molecule has 3 fully saturated rings. The molecule has 0 aromatic heterocycles. The molecule has 2 atom stereocenters. The minimum absolute atomic E-state index is 0.0164. The lowest BCUT2D eigenvalue weighted by atomic mass is 9.84. The monoisotopic (exact) mass is 598 g/mol. The smallest absolute Gasteiger partial charge is 0.378 e. The molecule has 0 aliphatic carbocycles. The third-order valence-electron chi connectivity index (χ3n) is 8.26. The van der Waals surface area contributed by atoms with Gasteiger partial charge in [0.2, 0.25) is 0 Å². The highest BCUT2D eigenvalue weighted by Gasteiger charge is 2.41. The van der Waals surface area contributed by atoms with Gasteiger partial charge in [0, 0.05) is 69.9 Å². The molecule has 42 heavy (non-hydrogen) atoms. The van der Waals surface area contributed by atoms with Gasteiger partial charge in [0.15, 0.2) is 0 Å². The number of hydrogen-bond acceptors (Lipinski definition) is 4. The van der Waals surface area contributed by atoms with Crippen LogP contribution in [0.25, 0.3) is 0 Å². The van der Waals surface area contributed by atoms with Crippen LogP contribution in [0, 0.1) is 0 Å². The van der Waals surface area contributed by atoms with Crippen LogP contribution in [0.1, 0.15) is 39.4 Å². The molecular weight excluding hydrogens is 566 g/mol. The predicted molar refractivity (Wildman–Crippen MR) is 141 cm³/mol. The van der Waals surface area contributed by atoms with Gasteiger partial charge < -0.3 is 19.4 Å². The molecule has 5 rings (SSSR count). The second-order valence-electron chi connectivity index (χ2n) is 10.8. The third-order valence-corrected chi connectivity index (χ3v) is 8.26. The molecule has 2 aromatic carbocycles. The van der Waals surface area contributed by atoms with Crippen LogP contribution < -0.4 is 0 Å². The van der Waals surface area contributed by atoms with E-state index in [1.807, 2.05) is 35.2 Å². The number of urea groups is 1. The summed E-state index contributed by atoms with van der Waals surface area (Å²) in [5, 5.41) is 0. The van der Waals surface area contributed by atoms with E-state index in [0.717, 1.165) is 5.56 Å². The average Bonchev–Trinajstić information content (AvgIpc) is 3.00. The standard InChI is InChI=1S/C29H32F6N4O3/c30-28(31,32)22-16-21(17-23(18-22)29(33,34)35)26(40)39-7-6-25(24(19-39)20-4-2-1-3-5-20)36-8-10-37(11-9-36)27(41)38-12-14-42-15-13-38/h1-5,16-18,24-25H,6-15,19H2/t24-,25-/m0/s1. The quantitative estimate of drug-likeness (QED) is 0.477. The van der Waals surface area contributed by atoms with Crippen LogP contribution in [0.15, 0.2) is 48.5 Å². The van der Waals surface area contributed by atoms with Gasteiger partial charge in [0.25, 0.3) is 5.91 Å². The zero-order chi connectivity index (χ0) is 30.1. The summed E-state index contributed by atoms with van der Waals surface area (Å²) in [6, 6.07) is 10.4. The largest absolute Gasteiger partial charge is 0.416 e. The topological polar surface area (TPSA) is 56.3 Å². The Kier molecular flexibility index (Phi) is 8.70. The van der Waals surface area contributed by atoms with Gasteiger partial charge in [-0.3, -0.25) is 9.69 Å². The van der Waals surface area contributed by atoms with Gasteiger partial charge in [-0.15, -0.1) is 0 Å². The number of halogens is 6. The van der Waals surface area contributed by atoms with Gasteiger partial charge in [0.1, 0.15) is 0 Å². The maximum absolute atomic E-state index is 13.4. The maximum atomic E-state index is 13.4. The van der Waals surface area contributed by atoms with Gasteiger partial charge in [-0.2, -0.15) is 26.3 Å². The summed E-state index contributed by atoms with van der Waals surface area (Å²) in [6.07, 6.45) is -9.60. The van der Waals surface area contributed by atoms with Crippen LogP contribution in [0.5, 0.6) is 0 Å². The minimum atomic E-state index is -5.04. The Morgan fingerprint density at radius 2 is 1.29 bits per heavy atom. The van der Waals surface area contributed by atoms with Crippen LogP contribution >= 0.6 is 0 Å². The molecule has 0 spiro atoms. The van der Waals surface area contributed by atoms with E-state index >= 15 is 0 Å². The second kappa shape index (κ2) is 12.1. The molecule has 13 heteroatoms. The van der Waals surface area contributed by atoms with E-state index in [4.69, 9.17) is 4.74 Å². The second-order valence-corrected chi connectivity index (χ2v) is 10.8. The molecule has 0 saturated carbocycles. The maximum Gasteiger partial charge on any atom is 0.416 e. The van der Waals surface area contributed by atoms with E-state index in [0.29, 0.717) is 71.0 Å². The Labute approximate surface area is 239 Å². The Hall–Kier alpha value is -3.32. The van der Waals surface area contributed by atoms with E-state index in [1.54, 1.807) is 4.90 Å². The predicted octanol–water partition coefficient (Wildman–Crippen LogP) is 4.79. The lowest BCUT2D eigenvalue weighted by Gasteiger charge is -2.47. The van der Waals surface area contributed by atoms with Crippen molar-refractivity contribution < 1.29 is 40.7 Å². The normalized spacial score (nSPS) is 22.8. The SMILES string of the molecule is O=C(c1cc(C(F)(F)F)cc(C(F)(F)F)c1)N1CC[C@H](N2CCN(C(=O)N3CCOCC3)CC2)[C@H](c2ccccc2)C1. The highest BCUT2D eigenvalue weighted by atomic mass is 19.4. The van der Waals surface area contributed by atoms with Crippen molar-refractivity contribution in [3.63, 3.8) is 0 Å². The van der Waals surface area contributed by atoms with Crippen molar-refractivity contribution in [2.45, 2.75) is 30.7 Å². The molecule has 3 saturated heterocycles. The van der Waals surface area contributed by atoms with Gasteiger partial charge in [0.05, 0.1) is 24.3 Å². The number of likely N-dealkylation sites (tertiary alicyclic amines) is 1. The number of morpholine rings is 1. The van der Waals surface area contributed by atoms with E-state index in [1.165, 1.54) is 4.90 Å². The first-order chi connectivity index (χ1) is 19.9. The molecule has 3 aliphatic rings. The van der Waals surface area contributed by atoms with E-state index in [9.17, 15) is 35.9 Å². The van der Waals surface area contributed by atoms with Crippen molar-refractivity contribution in [2.75, 3.05) is 65.6 Å². The van der Waals surface area contributed by atoms with Crippen LogP contribution in [0.3, 0.4) is 0 Å². The zero-order valence-electron chi connectivity index (χ0n) is 22.8. The number of amides is 3. The molecule has 2 aromatic rings. The molecular formula is C29H32F6N4O3. The number of alkyl halides is 6. The lowest BCUT2D eigenvalue weighted by Crippen LogP contribution is -2.59. The van der Waals surface area contributed by atoms with E-state index < -0.39 is 35.0 Å². The lowest BCUT2D eigenvalue weighted by molar-refractivity contribution is -0.143. The van der Waals surface area contributed by atoms with Crippen LogP contribution in [0.2, 0.25) is 0 Å². The summed E-state index contributed by atoms with van der Waals surface area (Å²) in [4.78, 5) is 33.6. The molecule has 7 nitrogen and oxygen atoms in total. The summed E-state index contributed by atoms with van der Waals surface area (Å²) in [7, 11) is 0. The summed E-state index contributed by atoms with van der Waals surface area (Å²) < 4.78 is 85.9. The number of benzene rings is 2. The minimum Gasteiger partial charge on any atom is -0.378 e. The number of ether oxygens (including phenoxy) is 1. The number of piperidine rings is 1.